The smallest absolute Gasteiger partial charge is 0.327 e. The van der Waals surface area contributed by atoms with Crippen LogP contribution in [-0.2, 0) is 10.4 Å². The van der Waals surface area contributed by atoms with Gasteiger partial charge in [0.15, 0.2) is 0 Å². The van der Waals surface area contributed by atoms with Crippen molar-refractivity contribution in [2.45, 2.75) is 18.4 Å². The molecule has 1 aromatic carbocycles. The van der Waals surface area contributed by atoms with Gasteiger partial charge in [-0.25, -0.2) is 0 Å². The predicted molar refractivity (Wildman–Crippen MR) is 56.0 cm³/mol. The van der Waals surface area contributed by atoms with E-state index in [0.717, 1.165) is 0 Å². The van der Waals surface area contributed by atoms with Gasteiger partial charge in [-0.1, -0.05) is 30.3 Å². The monoisotopic (exact) mass is 231 g/mol. The lowest BCUT2D eigenvalue weighted by molar-refractivity contribution is 0.381. The fourth-order valence-corrected chi connectivity index (χ4v) is 1.30. The van der Waals surface area contributed by atoms with Crippen molar-refractivity contribution >= 4 is 10.4 Å². The Labute approximate surface area is 88.5 Å². The summed E-state index contributed by atoms with van der Waals surface area (Å²) in [6, 6.07) is 10.9. The summed E-state index contributed by atoms with van der Waals surface area (Å²) in [5, 5.41) is 0. The molecule has 0 aromatic heterocycles. The molecular weight excluding hydrogens is 218 g/mol. The first-order valence-electron chi connectivity index (χ1n) is 4.38. The van der Waals surface area contributed by atoms with Crippen LogP contribution >= 0.6 is 0 Å². The molecule has 1 saturated carbocycles. The van der Waals surface area contributed by atoms with Gasteiger partial charge in [-0.05, 0) is 12.0 Å². The summed E-state index contributed by atoms with van der Waals surface area (Å²) in [5.74, 6) is 0.654. The molecule has 0 bridgehead atoms. The quantitative estimate of drug-likeness (QED) is 0.622. The second-order valence-electron chi connectivity index (χ2n) is 3.36. The van der Waals surface area contributed by atoms with Crippen LogP contribution in [0.3, 0.4) is 0 Å². The van der Waals surface area contributed by atoms with Gasteiger partial charge in [0.2, 0.25) is 0 Å². The fraction of sp³-hybridized carbons (Fsp3) is 0.333. The molecule has 0 saturated heterocycles. The van der Waals surface area contributed by atoms with Crippen molar-refractivity contribution in [1.82, 2.24) is 0 Å². The lowest BCUT2D eigenvalue weighted by atomic mass is 10.1. The molecular formula is C9H13NO4S. The van der Waals surface area contributed by atoms with Gasteiger partial charge >= 0.3 is 10.4 Å². The molecule has 0 aliphatic heterocycles. The average molecular weight is 231 g/mol. The molecule has 4 N–H and O–H groups in total. The molecule has 1 aliphatic rings. The highest BCUT2D eigenvalue weighted by atomic mass is 32.3. The van der Waals surface area contributed by atoms with Crippen LogP contribution in [0.1, 0.15) is 17.9 Å². The summed E-state index contributed by atoms with van der Waals surface area (Å²) in [6.07, 6.45) is 1.17. The van der Waals surface area contributed by atoms with Crippen LogP contribution in [0.25, 0.3) is 0 Å². The minimum atomic E-state index is -4.67. The molecule has 84 valence electrons. The van der Waals surface area contributed by atoms with Crippen molar-refractivity contribution in [3.8, 4) is 0 Å². The predicted octanol–water partition coefficient (Wildman–Crippen LogP) is 0.848. The maximum Gasteiger partial charge on any atom is 0.394 e. The maximum atomic E-state index is 8.74. The summed E-state index contributed by atoms with van der Waals surface area (Å²) in [5.41, 5.74) is 7.10. The van der Waals surface area contributed by atoms with E-state index in [2.05, 4.69) is 24.3 Å². The highest BCUT2D eigenvalue weighted by molar-refractivity contribution is 7.79. The van der Waals surface area contributed by atoms with Gasteiger partial charge in [-0.15, -0.1) is 0 Å². The molecule has 0 spiro atoms. The zero-order valence-electron chi connectivity index (χ0n) is 7.95. The Bertz CT molecular complexity index is 395. The Balaban J connectivity index is 0.000000195. The maximum absolute atomic E-state index is 8.74. The first-order chi connectivity index (χ1) is 6.88. The lowest BCUT2D eigenvalue weighted by Gasteiger charge is -1.94. The van der Waals surface area contributed by atoms with E-state index in [1.165, 1.54) is 12.0 Å². The van der Waals surface area contributed by atoms with Crippen LogP contribution in [0.5, 0.6) is 0 Å². The van der Waals surface area contributed by atoms with Gasteiger partial charge in [0.1, 0.15) is 0 Å². The van der Waals surface area contributed by atoms with Gasteiger partial charge in [0, 0.05) is 12.0 Å². The highest BCUT2D eigenvalue weighted by Crippen LogP contribution is 2.38. The molecule has 1 fully saturated rings. The molecule has 15 heavy (non-hydrogen) atoms. The van der Waals surface area contributed by atoms with E-state index in [4.69, 9.17) is 23.3 Å². The van der Waals surface area contributed by atoms with Crippen LogP contribution in [-0.4, -0.2) is 23.6 Å². The molecule has 2 rings (SSSR count). The summed E-state index contributed by atoms with van der Waals surface area (Å²) in [6.45, 7) is 0. The van der Waals surface area contributed by atoms with Crippen LogP contribution in [0.4, 0.5) is 0 Å². The van der Waals surface area contributed by atoms with E-state index in [1.54, 1.807) is 0 Å². The molecule has 5 nitrogen and oxygen atoms in total. The van der Waals surface area contributed by atoms with Gasteiger partial charge in [0.05, 0.1) is 0 Å². The Morgan fingerprint density at radius 3 is 1.93 bits per heavy atom. The Kier molecular flexibility index (Phi) is 3.81. The summed E-state index contributed by atoms with van der Waals surface area (Å²) in [7, 11) is -4.67. The van der Waals surface area contributed by atoms with Gasteiger partial charge < -0.3 is 5.73 Å². The molecule has 1 aromatic rings. The zero-order valence-corrected chi connectivity index (χ0v) is 8.76. The second-order valence-corrected chi connectivity index (χ2v) is 4.26. The van der Waals surface area contributed by atoms with Crippen LogP contribution < -0.4 is 5.73 Å². The van der Waals surface area contributed by atoms with Gasteiger partial charge in [-0.2, -0.15) is 8.42 Å². The van der Waals surface area contributed by atoms with Crippen LogP contribution in [0, 0.1) is 0 Å². The van der Waals surface area contributed by atoms with Gasteiger partial charge in [0.25, 0.3) is 0 Å². The Hall–Kier alpha value is -0.950. The van der Waals surface area contributed by atoms with Crippen molar-refractivity contribution in [2.24, 2.45) is 5.73 Å². The molecule has 2 atom stereocenters. The first kappa shape index (κ1) is 12.1. The Morgan fingerprint density at radius 2 is 1.60 bits per heavy atom. The molecule has 2 unspecified atom stereocenters. The molecule has 6 heteroatoms. The third kappa shape index (κ3) is 5.48. The number of hydrogen-bond acceptors (Lipinski definition) is 3. The SMILES string of the molecule is NC1CC1c1ccccc1.O=S(=O)(O)O. The van der Waals surface area contributed by atoms with Crippen molar-refractivity contribution < 1.29 is 17.5 Å². The number of benzene rings is 1. The Morgan fingerprint density at radius 1 is 1.20 bits per heavy atom. The molecule has 0 amide bonds. The number of nitrogens with two attached hydrogens (primary N) is 1. The molecule has 1 aliphatic carbocycles. The zero-order chi connectivity index (χ0) is 11.5. The van der Waals surface area contributed by atoms with E-state index < -0.39 is 10.4 Å². The van der Waals surface area contributed by atoms with E-state index >= 15 is 0 Å². The van der Waals surface area contributed by atoms with E-state index in [1.807, 2.05) is 6.07 Å². The topological polar surface area (TPSA) is 101 Å². The fourth-order valence-electron chi connectivity index (χ4n) is 1.30. The summed E-state index contributed by atoms with van der Waals surface area (Å²) < 4.78 is 31.6. The van der Waals surface area contributed by atoms with E-state index in [0.29, 0.717) is 12.0 Å². The van der Waals surface area contributed by atoms with Crippen LogP contribution in [0.2, 0.25) is 0 Å². The molecule has 0 radical (unpaired) electrons. The third-order valence-electron chi connectivity index (χ3n) is 2.07. The minimum absolute atomic E-state index is 0.433. The highest BCUT2D eigenvalue weighted by Gasteiger charge is 2.34. The average Bonchev–Trinajstić information content (AvgIpc) is 2.81. The minimum Gasteiger partial charge on any atom is -0.327 e. The van der Waals surface area contributed by atoms with Crippen LogP contribution in [0.15, 0.2) is 30.3 Å². The normalized spacial score (nSPS) is 23.9. The standard InChI is InChI=1S/C9H11N.H2O4S/c10-9-6-8(9)7-4-2-1-3-5-7;1-5(2,3)4/h1-5,8-9H,6,10H2;(H2,1,2,3,4). The van der Waals surface area contributed by atoms with Crippen molar-refractivity contribution in [3.63, 3.8) is 0 Å². The summed E-state index contributed by atoms with van der Waals surface area (Å²) >= 11 is 0. The van der Waals surface area contributed by atoms with Crippen molar-refractivity contribution in [1.29, 1.82) is 0 Å². The second kappa shape index (κ2) is 4.71. The number of rotatable bonds is 1. The third-order valence-corrected chi connectivity index (χ3v) is 2.07. The van der Waals surface area contributed by atoms with Gasteiger partial charge in [-0.3, -0.25) is 9.11 Å². The number of hydrogen-bond donors (Lipinski definition) is 3. The largest absolute Gasteiger partial charge is 0.394 e. The van der Waals surface area contributed by atoms with E-state index in [-0.39, 0.29) is 0 Å². The first-order valence-corrected chi connectivity index (χ1v) is 5.78. The molecule has 0 heterocycles. The van der Waals surface area contributed by atoms with Crippen molar-refractivity contribution in [2.75, 3.05) is 0 Å². The van der Waals surface area contributed by atoms with E-state index in [9.17, 15) is 0 Å². The van der Waals surface area contributed by atoms with Crippen molar-refractivity contribution in [3.05, 3.63) is 35.9 Å². The lowest BCUT2D eigenvalue weighted by Crippen LogP contribution is -2.00. The summed E-state index contributed by atoms with van der Waals surface area (Å²) in [4.78, 5) is 0.